The van der Waals surface area contributed by atoms with Crippen LogP contribution in [0.15, 0.2) is 48.5 Å². The zero-order chi connectivity index (χ0) is 14.7. The van der Waals surface area contributed by atoms with E-state index in [0.29, 0.717) is 16.4 Å². The number of tetrazole rings is 1. The van der Waals surface area contributed by atoms with Crippen LogP contribution < -0.4 is 4.84 Å². The van der Waals surface area contributed by atoms with Crippen LogP contribution in [0.3, 0.4) is 0 Å². The molecule has 0 unspecified atom stereocenters. The zero-order valence-electron chi connectivity index (χ0n) is 10.8. The molecule has 0 saturated carbocycles. The van der Waals surface area contributed by atoms with E-state index in [4.69, 9.17) is 16.4 Å². The highest BCUT2D eigenvalue weighted by molar-refractivity contribution is 6.30. The first-order valence-electron chi connectivity index (χ1n) is 6.14. The van der Waals surface area contributed by atoms with Gasteiger partial charge in [-0.05, 0) is 52.4 Å². The normalized spacial score (nSPS) is 10.6. The minimum Gasteiger partial charge on any atom is -0.389 e. The second kappa shape index (κ2) is 5.88. The minimum absolute atomic E-state index is 0.288. The van der Waals surface area contributed by atoms with Crippen LogP contribution in [0, 0.1) is 5.82 Å². The molecule has 0 saturated heterocycles. The maximum absolute atomic E-state index is 12.9. The Balaban J connectivity index is 1.76. The van der Waals surface area contributed by atoms with Gasteiger partial charge in [-0.1, -0.05) is 28.6 Å². The van der Waals surface area contributed by atoms with Crippen molar-refractivity contribution < 1.29 is 9.23 Å². The van der Waals surface area contributed by atoms with Crippen molar-refractivity contribution in [1.82, 2.24) is 20.4 Å². The first kappa shape index (κ1) is 13.5. The molecule has 2 aromatic carbocycles. The summed E-state index contributed by atoms with van der Waals surface area (Å²) in [7, 11) is 0. The Kier molecular flexibility index (Phi) is 3.79. The molecule has 0 N–H and O–H groups in total. The van der Waals surface area contributed by atoms with Gasteiger partial charge in [0.2, 0.25) is 5.82 Å². The van der Waals surface area contributed by atoms with Crippen LogP contribution >= 0.6 is 11.6 Å². The molecule has 0 spiro atoms. The number of benzene rings is 2. The highest BCUT2D eigenvalue weighted by Gasteiger charge is 2.10. The van der Waals surface area contributed by atoms with Crippen molar-refractivity contribution >= 4 is 11.6 Å². The molecule has 0 aliphatic carbocycles. The third kappa shape index (κ3) is 3.17. The quantitative estimate of drug-likeness (QED) is 0.744. The number of hydrogen-bond donors (Lipinski definition) is 0. The lowest BCUT2D eigenvalue weighted by molar-refractivity contribution is 0.0695. The SMILES string of the molecule is Fc1ccc(-c2nnnn2OCc2ccc(Cl)cc2)cc1. The van der Waals surface area contributed by atoms with Crippen molar-refractivity contribution in [2.45, 2.75) is 6.61 Å². The topological polar surface area (TPSA) is 52.8 Å². The van der Waals surface area contributed by atoms with Gasteiger partial charge in [-0.15, -0.1) is 5.10 Å². The Morgan fingerprint density at radius 2 is 1.76 bits per heavy atom. The average molecular weight is 305 g/mol. The molecular weight excluding hydrogens is 295 g/mol. The maximum Gasteiger partial charge on any atom is 0.222 e. The van der Waals surface area contributed by atoms with Gasteiger partial charge in [-0.25, -0.2) is 4.39 Å². The Hall–Kier alpha value is -2.47. The van der Waals surface area contributed by atoms with E-state index < -0.39 is 0 Å². The van der Waals surface area contributed by atoms with Gasteiger partial charge in [0.1, 0.15) is 12.4 Å². The fourth-order valence-electron chi connectivity index (χ4n) is 1.75. The molecule has 0 radical (unpaired) electrons. The van der Waals surface area contributed by atoms with Crippen LogP contribution in [0.2, 0.25) is 5.02 Å². The first-order valence-corrected chi connectivity index (χ1v) is 6.52. The van der Waals surface area contributed by atoms with Gasteiger partial charge < -0.3 is 4.84 Å². The lowest BCUT2D eigenvalue weighted by Gasteiger charge is -2.07. The summed E-state index contributed by atoms with van der Waals surface area (Å²) in [6, 6.07) is 13.1. The molecule has 0 aliphatic rings. The van der Waals surface area contributed by atoms with E-state index in [1.807, 2.05) is 12.1 Å². The van der Waals surface area contributed by atoms with Crippen LogP contribution in [0.5, 0.6) is 0 Å². The molecule has 7 heteroatoms. The van der Waals surface area contributed by atoms with Crippen LogP contribution in [-0.2, 0) is 6.61 Å². The minimum atomic E-state index is -0.320. The molecule has 1 aromatic heterocycles. The van der Waals surface area contributed by atoms with Crippen molar-refractivity contribution in [2.75, 3.05) is 0 Å². The average Bonchev–Trinajstić information content (AvgIpc) is 2.96. The van der Waals surface area contributed by atoms with Gasteiger partial charge in [0.25, 0.3) is 0 Å². The number of aromatic nitrogens is 4. The smallest absolute Gasteiger partial charge is 0.222 e. The number of hydrogen-bond acceptors (Lipinski definition) is 4. The predicted octanol–water partition coefficient (Wildman–Crippen LogP) is 2.76. The molecule has 0 bridgehead atoms. The zero-order valence-corrected chi connectivity index (χ0v) is 11.5. The summed E-state index contributed by atoms with van der Waals surface area (Å²) in [6.45, 7) is 0.288. The van der Waals surface area contributed by atoms with Crippen molar-refractivity contribution in [2.24, 2.45) is 0 Å². The molecule has 21 heavy (non-hydrogen) atoms. The second-order valence-corrected chi connectivity index (χ2v) is 4.72. The second-order valence-electron chi connectivity index (χ2n) is 4.28. The van der Waals surface area contributed by atoms with Crippen LogP contribution in [0.25, 0.3) is 11.4 Å². The summed E-state index contributed by atoms with van der Waals surface area (Å²) in [5.74, 6) is 0.0869. The Morgan fingerprint density at radius 3 is 2.48 bits per heavy atom. The summed E-state index contributed by atoms with van der Waals surface area (Å²) in [5.41, 5.74) is 1.59. The summed E-state index contributed by atoms with van der Waals surface area (Å²) in [5, 5.41) is 11.9. The van der Waals surface area contributed by atoms with Crippen molar-refractivity contribution in [3.05, 3.63) is 64.9 Å². The van der Waals surface area contributed by atoms with Crippen molar-refractivity contribution in [3.8, 4) is 11.4 Å². The van der Waals surface area contributed by atoms with E-state index in [-0.39, 0.29) is 12.4 Å². The third-order valence-electron chi connectivity index (χ3n) is 2.81. The van der Waals surface area contributed by atoms with Gasteiger partial charge >= 0.3 is 0 Å². The maximum atomic E-state index is 12.9. The van der Waals surface area contributed by atoms with Crippen molar-refractivity contribution in [1.29, 1.82) is 0 Å². The molecule has 106 valence electrons. The highest BCUT2D eigenvalue weighted by Crippen LogP contribution is 2.16. The van der Waals surface area contributed by atoms with Crippen LogP contribution in [0.4, 0.5) is 4.39 Å². The monoisotopic (exact) mass is 304 g/mol. The number of rotatable bonds is 4. The summed E-state index contributed by atoms with van der Waals surface area (Å²) in [4.78, 5) is 6.74. The first-order chi connectivity index (χ1) is 10.2. The van der Waals surface area contributed by atoms with E-state index >= 15 is 0 Å². The summed E-state index contributed by atoms with van der Waals surface area (Å²) >= 11 is 5.82. The van der Waals surface area contributed by atoms with Crippen molar-refractivity contribution in [3.63, 3.8) is 0 Å². The molecule has 3 rings (SSSR count). The van der Waals surface area contributed by atoms with Gasteiger partial charge in [0.15, 0.2) is 0 Å². The Morgan fingerprint density at radius 1 is 1.05 bits per heavy atom. The Bertz CT molecular complexity index is 727. The van der Waals surface area contributed by atoms with E-state index in [1.165, 1.54) is 17.0 Å². The largest absolute Gasteiger partial charge is 0.389 e. The molecule has 3 aromatic rings. The van der Waals surface area contributed by atoms with Gasteiger partial charge in [-0.3, -0.25) is 0 Å². The molecule has 5 nitrogen and oxygen atoms in total. The Labute approximate surface area is 124 Å². The lowest BCUT2D eigenvalue weighted by Crippen LogP contribution is -2.14. The van der Waals surface area contributed by atoms with Gasteiger partial charge in [0.05, 0.1) is 0 Å². The number of halogens is 2. The summed E-state index contributed by atoms with van der Waals surface area (Å²) in [6.07, 6.45) is 0. The highest BCUT2D eigenvalue weighted by atomic mass is 35.5. The van der Waals surface area contributed by atoms with E-state index in [2.05, 4.69) is 15.5 Å². The van der Waals surface area contributed by atoms with Crippen LogP contribution in [0.1, 0.15) is 5.56 Å². The van der Waals surface area contributed by atoms with E-state index in [9.17, 15) is 4.39 Å². The fourth-order valence-corrected chi connectivity index (χ4v) is 1.88. The van der Waals surface area contributed by atoms with Gasteiger partial charge in [0, 0.05) is 10.6 Å². The molecule has 0 amide bonds. The van der Waals surface area contributed by atoms with E-state index in [0.717, 1.165) is 5.56 Å². The lowest BCUT2D eigenvalue weighted by atomic mass is 10.2. The standard InChI is InChI=1S/C14H10ClFN4O/c15-12-5-1-10(2-6-12)9-21-20-14(17-18-19-20)11-3-7-13(16)8-4-11/h1-8H,9H2. The van der Waals surface area contributed by atoms with E-state index in [1.54, 1.807) is 24.3 Å². The molecule has 0 aliphatic heterocycles. The number of nitrogens with zero attached hydrogens (tertiary/aromatic N) is 4. The van der Waals surface area contributed by atoms with Crippen LogP contribution in [-0.4, -0.2) is 20.4 Å². The summed E-state index contributed by atoms with van der Waals surface area (Å²) < 4.78 is 12.9. The third-order valence-corrected chi connectivity index (χ3v) is 3.06. The molecule has 0 atom stereocenters. The molecule has 0 fully saturated rings. The fraction of sp³-hybridized carbons (Fsp3) is 0.0714. The molecule has 1 heterocycles. The molecular formula is C14H10ClFN4O. The van der Waals surface area contributed by atoms with Gasteiger partial charge in [-0.2, -0.15) is 0 Å². The predicted molar refractivity (Wildman–Crippen MR) is 74.9 cm³/mol.